The number of pyridine rings is 1. The molecule has 24 heavy (non-hydrogen) atoms. The summed E-state index contributed by atoms with van der Waals surface area (Å²) in [6.07, 6.45) is 1.32. The summed E-state index contributed by atoms with van der Waals surface area (Å²) in [6, 6.07) is 8.76. The van der Waals surface area contributed by atoms with Crippen LogP contribution in [0.15, 0.2) is 36.5 Å². The number of aromatic nitrogens is 1. The number of halogens is 1. The number of rotatable bonds is 3. The number of hydrogen-bond acceptors (Lipinski definition) is 4. The monoisotopic (exact) mass is 346 g/mol. The van der Waals surface area contributed by atoms with Gasteiger partial charge >= 0.3 is 5.97 Å². The van der Waals surface area contributed by atoms with Gasteiger partial charge in [-0.3, -0.25) is 4.79 Å². The summed E-state index contributed by atoms with van der Waals surface area (Å²) in [4.78, 5) is 28.1. The van der Waals surface area contributed by atoms with Crippen molar-refractivity contribution >= 4 is 29.2 Å². The third kappa shape index (κ3) is 4.11. The predicted molar refractivity (Wildman–Crippen MR) is 93.7 cm³/mol. The van der Waals surface area contributed by atoms with Gasteiger partial charge in [-0.15, -0.1) is 0 Å². The van der Waals surface area contributed by atoms with Crippen LogP contribution < -0.4 is 5.32 Å². The molecule has 1 amide bonds. The highest BCUT2D eigenvalue weighted by molar-refractivity contribution is 6.31. The van der Waals surface area contributed by atoms with Gasteiger partial charge in [0.05, 0.1) is 17.8 Å². The minimum atomic E-state index is -0.648. The van der Waals surface area contributed by atoms with Crippen molar-refractivity contribution in [3.8, 4) is 0 Å². The van der Waals surface area contributed by atoms with Gasteiger partial charge in [-0.25, -0.2) is 9.78 Å². The van der Waals surface area contributed by atoms with Crippen molar-refractivity contribution in [1.29, 1.82) is 0 Å². The average molecular weight is 347 g/mol. The zero-order chi connectivity index (χ0) is 17.9. The molecule has 0 atom stereocenters. The fourth-order valence-electron chi connectivity index (χ4n) is 2.11. The van der Waals surface area contributed by atoms with E-state index < -0.39 is 5.97 Å². The van der Waals surface area contributed by atoms with Crippen LogP contribution in [0.5, 0.6) is 0 Å². The number of benzene rings is 1. The van der Waals surface area contributed by atoms with E-state index in [9.17, 15) is 9.59 Å². The first-order valence-corrected chi connectivity index (χ1v) is 7.76. The second-order valence-corrected chi connectivity index (χ2v) is 6.76. The molecule has 0 aliphatic carbocycles. The zero-order valence-corrected chi connectivity index (χ0v) is 14.8. The third-order valence-corrected chi connectivity index (χ3v) is 3.70. The van der Waals surface area contributed by atoms with Gasteiger partial charge in [-0.1, -0.05) is 44.5 Å². The Balaban J connectivity index is 2.27. The third-order valence-electron chi connectivity index (χ3n) is 3.49. The molecule has 5 nitrogen and oxygen atoms in total. The number of nitrogens with zero attached hydrogens (tertiary/aromatic N) is 1. The Labute approximate surface area is 146 Å². The number of carbonyl (C=O) groups is 2. The second-order valence-electron chi connectivity index (χ2n) is 6.32. The smallest absolute Gasteiger partial charge is 0.358 e. The van der Waals surface area contributed by atoms with Crippen LogP contribution in [-0.2, 0) is 10.2 Å². The molecular formula is C18H19ClN2O3. The Morgan fingerprint density at radius 2 is 1.79 bits per heavy atom. The summed E-state index contributed by atoms with van der Waals surface area (Å²) in [7, 11) is 1.25. The molecular weight excluding hydrogens is 328 g/mol. The number of hydrogen-bond donors (Lipinski definition) is 1. The standard InChI is InChI=1S/C18H19ClN2O3/c1-18(2,3)12-7-5-11(6-8-12)16(22)21-14-9-13(19)10-20-15(14)17(23)24-4/h5-10H,1-4H3,(H,21,22). The predicted octanol–water partition coefficient (Wildman–Crippen LogP) is 4.07. The quantitative estimate of drug-likeness (QED) is 0.850. The van der Waals surface area contributed by atoms with Crippen molar-refractivity contribution in [2.75, 3.05) is 12.4 Å². The Morgan fingerprint density at radius 1 is 1.17 bits per heavy atom. The highest BCUT2D eigenvalue weighted by Crippen LogP contribution is 2.23. The van der Waals surface area contributed by atoms with E-state index in [1.807, 2.05) is 12.1 Å². The van der Waals surface area contributed by atoms with Crippen LogP contribution in [0.3, 0.4) is 0 Å². The summed E-state index contributed by atoms with van der Waals surface area (Å²) < 4.78 is 4.66. The van der Waals surface area contributed by atoms with Gasteiger partial charge in [0, 0.05) is 11.8 Å². The number of esters is 1. The molecule has 1 aromatic carbocycles. The van der Waals surface area contributed by atoms with Crippen molar-refractivity contribution < 1.29 is 14.3 Å². The van der Waals surface area contributed by atoms with E-state index >= 15 is 0 Å². The van der Waals surface area contributed by atoms with Crippen LogP contribution in [-0.4, -0.2) is 24.0 Å². The van der Waals surface area contributed by atoms with Gasteiger partial charge in [0.15, 0.2) is 5.69 Å². The molecule has 1 aromatic heterocycles. The lowest BCUT2D eigenvalue weighted by Crippen LogP contribution is -2.17. The lowest BCUT2D eigenvalue weighted by molar-refractivity contribution is 0.0595. The SMILES string of the molecule is COC(=O)c1ncc(Cl)cc1NC(=O)c1ccc(C(C)(C)C)cc1. The fourth-order valence-corrected chi connectivity index (χ4v) is 2.27. The Bertz CT molecular complexity index is 765. The summed E-state index contributed by atoms with van der Waals surface area (Å²) >= 11 is 5.90. The molecule has 0 radical (unpaired) electrons. The van der Waals surface area contributed by atoms with Crippen LogP contribution >= 0.6 is 11.6 Å². The first-order valence-electron chi connectivity index (χ1n) is 7.38. The van der Waals surface area contributed by atoms with Crippen LogP contribution in [0.25, 0.3) is 0 Å². The molecule has 2 rings (SSSR count). The lowest BCUT2D eigenvalue weighted by Gasteiger charge is -2.19. The Kier molecular flexibility index (Phi) is 5.24. The van der Waals surface area contributed by atoms with E-state index in [0.717, 1.165) is 5.56 Å². The van der Waals surface area contributed by atoms with E-state index in [0.29, 0.717) is 10.6 Å². The molecule has 1 heterocycles. The van der Waals surface area contributed by atoms with Crippen LogP contribution in [0.2, 0.25) is 5.02 Å². The topological polar surface area (TPSA) is 68.3 Å². The number of anilines is 1. The maximum atomic E-state index is 12.4. The molecule has 6 heteroatoms. The molecule has 0 saturated heterocycles. The van der Waals surface area contributed by atoms with E-state index in [1.165, 1.54) is 19.4 Å². The summed E-state index contributed by atoms with van der Waals surface area (Å²) in [6.45, 7) is 6.30. The molecule has 0 fully saturated rings. The van der Waals surface area contributed by atoms with Crippen LogP contribution in [0.1, 0.15) is 47.2 Å². The number of carbonyl (C=O) groups excluding carboxylic acids is 2. The Hall–Kier alpha value is -2.40. The minimum Gasteiger partial charge on any atom is -0.464 e. The highest BCUT2D eigenvalue weighted by Gasteiger charge is 2.18. The lowest BCUT2D eigenvalue weighted by atomic mass is 9.87. The van der Waals surface area contributed by atoms with E-state index in [4.69, 9.17) is 11.6 Å². The van der Waals surface area contributed by atoms with Crippen LogP contribution in [0, 0.1) is 0 Å². The van der Waals surface area contributed by atoms with Crippen molar-refractivity contribution in [2.24, 2.45) is 0 Å². The zero-order valence-electron chi connectivity index (χ0n) is 14.0. The first-order chi connectivity index (χ1) is 11.2. The maximum Gasteiger partial charge on any atom is 0.358 e. The highest BCUT2D eigenvalue weighted by atomic mass is 35.5. The van der Waals surface area contributed by atoms with Gasteiger partial charge in [0.1, 0.15) is 0 Å². The normalized spacial score (nSPS) is 11.0. The van der Waals surface area contributed by atoms with E-state index in [1.54, 1.807) is 12.1 Å². The first kappa shape index (κ1) is 17.9. The largest absolute Gasteiger partial charge is 0.464 e. The fraction of sp³-hybridized carbons (Fsp3) is 0.278. The Morgan fingerprint density at radius 3 is 2.33 bits per heavy atom. The van der Waals surface area contributed by atoms with Gasteiger partial charge in [-0.05, 0) is 29.2 Å². The van der Waals surface area contributed by atoms with Crippen molar-refractivity contribution in [3.63, 3.8) is 0 Å². The summed E-state index contributed by atoms with van der Waals surface area (Å²) in [5, 5.41) is 2.96. The molecule has 0 aliphatic rings. The van der Waals surface area contributed by atoms with Crippen molar-refractivity contribution in [2.45, 2.75) is 26.2 Å². The number of nitrogens with one attached hydrogen (secondary N) is 1. The second kappa shape index (κ2) is 7.01. The molecule has 0 unspecified atom stereocenters. The average Bonchev–Trinajstić information content (AvgIpc) is 2.53. The van der Waals surface area contributed by atoms with Gasteiger partial charge in [0.2, 0.25) is 0 Å². The maximum absolute atomic E-state index is 12.4. The van der Waals surface area contributed by atoms with Crippen LogP contribution in [0.4, 0.5) is 5.69 Å². The molecule has 1 N–H and O–H groups in total. The van der Waals surface area contributed by atoms with Gasteiger partial charge in [-0.2, -0.15) is 0 Å². The molecule has 0 bridgehead atoms. The minimum absolute atomic E-state index is 0.00145. The molecule has 0 aliphatic heterocycles. The van der Waals surface area contributed by atoms with E-state index in [2.05, 4.69) is 35.8 Å². The number of amides is 1. The molecule has 2 aromatic rings. The number of ether oxygens (including phenoxy) is 1. The van der Waals surface area contributed by atoms with Crippen molar-refractivity contribution in [3.05, 3.63) is 58.4 Å². The summed E-state index contributed by atoms with van der Waals surface area (Å²) in [5.41, 5.74) is 1.81. The van der Waals surface area contributed by atoms with Gasteiger partial charge in [0.25, 0.3) is 5.91 Å². The number of methoxy groups -OCH3 is 1. The molecule has 0 saturated carbocycles. The van der Waals surface area contributed by atoms with Gasteiger partial charge < -0.3 is 10.1 Å². The molecule has 126 valence electrons. The summed E-state index contributed by atoms with van der Waals surface area (Å²) in [5.74, 6) is -1.00. The van der Waals surface area contributed by atoms with E-state index in [-0.39, 0.29) is 22.7 Å². The van der Waals surface area contributed by atoms with Crippen molar-refractivity contribution in [1.82, 2.24) is 4.98 Å². The molecule has 0 spiro atoms.